The molecule has 0 saturated carbocycles. The maximum absolute atomic E-state index is 12.3. The lowest BCUT2D eigenvalue weighted by molar-refractivity contribution is 0.0687. The summed E-state index contributed by atoms with van der Waals surface area (Å²) in [6.45, 7) is 0.629. The van der Waals surface area contributed by atoms with Crippen molar-refractivity contribution in [2.45, 2.75) is 0 Å². The van der Waals surface area contributed by atoms with Crippen LogP contribution in [0.5, 0.6) is 0 Å². The Labute approximate surface area is 159 Å². The molecule has 0 heterocycles. The number of carbonyl (C=O) groups is 4. The average Bonchev–Trinajstić information content (AvgIpc) is 2.60. The van der Waals surface area contributed by atoms with E-state index in [2.05, 4.69) is 10.6 Å². The molecule has 2 amide bonds. The highest BCUT2D eigenvalue weighted by molar-refractivity contribution is 7.98. The minimum atomic E-state index is -1.45. The van der Waals surface area contributed by atoms with Gasteiger partial charge in [-0.05, 0) is 24.6 Å². The van der Waals surface area contributed by atoms with Crippen LogP contribution in [0.15, 0.2) is 12.1 Å². The van der Waals surface area contributed by atoms with Crippen LogP contribution < -0.4 is 10.6 Å². The number of carboxylic acids is 2. The van der Waals surface area contributed by atoms with E-state index in [1.165, 1.54) is 23.5 Å². The summed E-state index contributed by atoms with van der Waals surface area (Å²) in [7, 11) is 0. The molecule has 0 spiro atoms. The second kappa shape index (κ2) is 10.7. The van der Waals surface area contributed by atoms with Crippen molar-refractivity contribution in [3.63, 3.8) is 0 Å². The van der Waals surface area contributed by atoms with Gasteiger partial charge in [0.05, 0.1) is 22.3 Å². The monoisotopic (exact) mass is 400 g/mol. The van der Waals surface area contributed by atoms with Gasteiger partial charge in [-0.1, -0.05) is 0 Å². The summed E-state index contributed by atoms with van der Waals surface area (Å²) in [6, 6.07) is 1.87. The van der Waals surface area contributed by atoms with Crippen molar-refractivity contribution in [3.05, 3.63) is 34.4 Å². The predicted octanol–water partition coefficient (Wildman–Crippen LogP) is 1.27. The fourth-order valence-electron chi connectivity index (χ4n) is 2.05. The molecule has 8 nitrogen and oxygen atoms in total. The number of carbonyl (C=O) groups excluding carboxylic acids is 2. The first-order valence-corrected chi connectivity index (χ1v) is 10.3. The van der Waals surface area contributed by atoms with Gasteiger partial charge in [0.15, 0.2) is 0 Å². The van der Waals surface area contributed by atoms with Crippen LogP contribution in [0.2, 0.25) is 0 Å². The minimum absolute atomic E-state index is 0.251. The van der Waals surface area contributed by atoms with E-state index in [1.54, 1.807) is 0 Å². The molecule has 142 valence electrons. The lowest BCUT2D eigenvalue weighted by Gasteiger charge is -2.13. The van der Waals surface area contributed by atoms with Crippen LogP contribution in [0, 0.1) is 0 Å². The summed E-state index contributed by atoms with van der Waals surface area (Å²) in [5.41, 5.74) is -1.44. The molecule has 0 aliphatic heterocycles. The minimum Gasteiger partial charge on any atom is -0.478 e. The Morgan fingerprint density at radius 1 is 0.769 bits per heavy atom. The number of carboxylic acid groups (broad SMARTS) is 2. The topological polar surface area (TPSA) is 133 Å². The van der Waals surface area contributed by atoms with Gasteiger partial charge in [0.25, 0.3) is 11.8 Å². The molecule has 0 aromatic heterocycles. The Bertz CT molecular complexity index is 653. The van der Waals surface area contributed by atoms with Crippen molar-refractivity contribution < 1.29 is 29.4 Å². The fourth-order valence-corrected chi connectivity index (χ4v) is 2.67. The van der Waals surface area contributed by atoms with E-state index >= 15 is 0 Å². The first kappa shape index (κ1) is 21.8. The Hall–Kier alpha value is -2.20. The van der Waals surface area contributed by atoms with Gasteiger partial charge >= 0.3 is 11.9 Å². The number of amides is 2. The van der Waals surface area contributed by atoms with Gasteiger partial charge in [0, 0.05) is 24.6 Å². The van der Waals surface area contributed by atoms with E-state index in [0.717, 1.165) is 12.1 Å². The largest absolute Gasteiger partial charge is 0.478 e. The molecule has 0 atom stereocenters. The van der Waals surface area contributed by atoms with Crippen LogP contribution in [0.25, 0.3) is 0 Å². The van der Waals surface area contributed by atoms with E-state index in [9.17, 15) is 29.4 Å². The lowest BCUT2D eigenvalue weighted by Crippen LogP contribution is -2.31. The summed E-state index contributed by atoms with van der Waals surface area (Å²) in [6.07, 6.45) is 3.71. The number of benzene rings is 1. The molecular weight excluding hydrogens is 380 g/mol. The highest BCUT2D eigenvalue weighted by Gasteiger charge is 2.25. The van der Waals surface area contributed by atoms with Gasteiger partial charge in [-0.15, -0.1) is 0 Å². The van der Waals surface area contributed by atoms with Crippen molar-refractivity contribution in [3.8, 4) is 0 Å². The van der Waals surface area contributed by atoms with Crippen molar-refractivity contribution in [1.29, 1.82) is 0 Å². The van der Waals surface area contributed by atoms with Gasteiger partial charge in [-0.3, -0.25) is 9.59 Å². The molecule has 0 unspecified atom stereocenters. The maximum atomic E-state index is 12.3. The molecule has 0 saturated heterocycles. The first-order valence-electron chi connectivity index (χ1n) is 7.52. The molecule has 4 N–H and O–H groups in total. The Balaban J connectivity index is 3.32. The third-order valence-electron chi connectivity index (χ3n) is 3.29. The van der Waals surface area contributed by atoms with Gasteiger partial charge in [0.2, 0.25) is 0 Å². The number of thioether (sulfide) groups is 2. The highest BCUT2D eigenvalue weighted by Crippen LogP contribution is 2.19. The molecule has 0 aliphatic carbocycles. The van der Waals surface area contributed by atoms with Crippen LogP contribution in [0.3, 0.4) is 0 Å². The third kappa shape index (κ3) is 5.95. The zero-order valence-electron chi connectivity index (χ0n) is 14.3. The van der Waals surface area contributed by atoms with Gasteiger partial charge in [-0.2, -0.15) is 23.5 Å². The predicted molar refractivity (Wildman–Crippen MR) is 102 cm³/mol. The number of aromatic carboxylic acids is 2. The van der Waals surface area contributed by atoms with Crippen LogP contribution in [-0.2, 0) is 0 Å². The zero-order chi connectivity index (χ0) is 19.7. The van der Waals surface area contributed by atoms with Crippen molar-refractivity contribution in [1.82, 2.24) is 10.6 Å². The quantitative estimate of drug-likeness (QED) is 0.432. The summed E-state index contributed by atoms with van der Waals surface area (Å²) >= 11 is 3.00. The summed E-state index contributed by atoms with van der Waals surface area (Å²) in [4.78, 5) is 47.5. The zero-order valence-corrected chi connectivity index (χ0v) is 16.0. The van der Waals surface area contributed by atoms with E-state index in [4.69, 9.17) is 0 Å². The molecule has 0 fully saturated rings. The van der Waals surface area contributed by atoms with Gasteiger partial charge in [-0.25, -0.2) is 9.59 Å². The van der Waals surface area contributed by atoms with Crippen molar-refractivity contribution >= 4 is 47.3 Å². The smallest absolute Gasteiger partial charge is 0.336 e. The Morgan fingerprint density at radius 2 is 1.12 bits per heavy atom. The fraction of sp³-hybridized carbons (Fsp3) is 0.375. The van der Waals surface area contributed by atoms with Crippen LogP contribution in [0.1, 0.15) is 41.4 Å². The van der Waals surface area contributed by atoms with Crippen LogP contribution in [0.4, 0.5) is 0 Å². The van der Waals surface area contributed by atoms with Crippen LogP contribution in [-0.4, -0.2) is 71.1 Å². The molecule has 0 radical (unpaired) electrons. The summed E-state index contributed by atoms with van der Waals surface area (Å²) < 4.78 is 0. The van der Waals surface area contributed by atoms with E-state index in [-0.39, 0.29) is 11.1 Å². The second-order valence-electron chi connectivity index (χ2n) is 5.05. The summed E-state index contributed by atoms with van der Waals surface area (Å²) in [5, 5.41) is 23.7. The number of hydrogen-bond acceptors (Lipinski definition) is 6. The van der Waals surface area contributed by atoms with Gasteiger partial charge in [0.1, 0.15) is 0 Å². The highest BCUT2D eigenvalue weighted by atomic mass is 32.2. The van der Waals surface area contributed by atoms with Crippen molar-refractivity contribution in [2.24, 2.45) is 0 Å². The van der Waals surface area contributed by atoms with E-state index in [0.29, 0.717) is 24.6 Å². The molecule has 1 rings (SSSR count). The molecule has 26 heavy (non-hydrogen) atoms. The Kier molecular flexibility index (Phi) is 9.00. The molecule has 0 bridgehead atoms. The van der Waals surface area contributed by atoms with E-state index in [1.807, 2.05) is 12.5 Å². The normalized spacial score (nSPS) is 10.2. The third-order valence-corrected chi connectivity index (χ3v) is 4.52. The standard InChI is InChI=1S/C16H20N2O6S2/c1-25-5-3-17-13(19)9-7-10(14(20)18-4-6-26-2)12(16(23)24)8-11(9)15(21)22/h7-8H,3-6H2,1-2H3,(H,17,19)(H,18,20)(H,21,22)(H,23,24). The lowest BCUT2D eigenvalue weighted by atomic mass is 9.97. The summed E-state index contributed by atoms with van der Waals surface area (Å²) in [5.74, 6) is -2.99. The number of rotatable bonds is 10. The van der Waals surface area contributed by atoms with Crippen molar-refractivity contribution in [2.75, 3.05) is 37.1 Å². The molecule has 1 aromatic carbocycles. The second-order valence-corrected chi connectivity index (χ2v) is 7.02. The average molecular weight is 400 g/mol. The molecular formula is C16H20N2O6S2. The molecule has 10 heteroatoms. The molecule has 1 aromatic rings. The van der Waals surface area contributed by atoms with Crippen LogP contribution >= 0.6 is 23.5 Å². The van der Waals surface area contributed by atoms with E-state index < -0.39 is 34.9 Å². The van der Waals surface area contributed by atoms with Gasteiger partial charge < -0.3 is 20.8 Å². The first-order chi connectivity index (χ1) is 12.3. The Morgan fingerprint density at radius 3 is 1.42 bits per heavy atom. The number of hydrogen-bond donors (Lipinski definition) is 4. The maximum Gasteiger partial charge on any atom is 0.336 e. The number of nitrogens with one attached hydrogen (secondary N) is 2. The SMILES string of the molecule is CSCCNC(=O)c1cc(C(=O)NCCSC)c(C(=O)O)cc1C(=O)O. The molecule has 0 aliphatic rings.